The maximum absolute atomic E-state index is 13.5. The number of hydrogen-bond acceptors (Lipinski definition) is 4. The predicted octanol–water partition coefficient (Wildman–Crippen LogP) is 4.65. The largest absolute Gasteiger partial charge is 0.496 e. The molecule has 1 N–H and O–H groups in total. The van der Waals surface area contributed by atoms with Gasteiger partial charge in [0.15, 0.2) is 0 Å². The fourth-order valence-electron chi connectivity index (χ4n) is 2.68. The summed E-state index contributed by atoms with van der Waals surface area (Å²) in [5.74, 6) is 0.498. The van der Waals surface area contributed by atoms with Crippen molar-refractivity contribution in [3.8, 4) is 22.9 Å². The van der Waals surface area contributed by atoms with E-state index in [9.17, 15) is 9.18 Å². The molecule has 0 radical (unpaired) electrons. The van der Waals surface area contributed by atoms with Crippen LogP contribution in [0.3, 0.4) is 0 Å². The van der Waals surface area contributed by atoms with Gasteiger partial charge < -0.3 is 10.1 Å². The maximum Gasteiger partial charge on any atom is 0.234 e. The Morgan fingerprint density at radius 3 is 2.70 bits per heavy atom. The SMILES string of the molecule is COc1cc(SC(CC(C)C)C(=O)NCC#N)ccc1-c1cccc(F)c1. The Bertz CT molecular complexity index is 833. The molecule has 1 unspecified atom stereocenters. The highest BCUT2D eigenvalue weighted by atomic mass is 32.2. The molecule has 0 heterocycles. The van der Waals surface area contributed by atoms with Crippen LogP contribution in [0.4, 0.5) is 4.39 Å². The van der Waals surface area contributed by atoms with Crippen molar-refractivity contribution in [3.05, 3.63) is 48.3 Å². The Balaban J connectivity index is 2.26. The average molecular weight is 386 g/mol. The molecule has 0 aliphatic heterocycles. The Kier molecular flexibility index (Phi) is 7.68. The highest BCUT2D eigenvalue weighted by molar-refractivity contribution is 8.00. The van der Waals surface area contributed by atoms with Crippen molar-refractivity contribution < 1.29 is 13.9 Å². The Morgan fingerprint density at radius 2 is 2.07 bits per heavy atom. The monoisotopic (exact) mass is 386 g/mol. The van der Waals surface area contributed by atoms with Crippen LogP contribution in [0.25, 0.3) is 11.1 Å². The molecule has 0 spiro atoms. The molecule has 2 aromatic rings. The molecule has 0 aromatic heterocycles. The van der Waals surface area contributed by atoms with E-state index < -0.39 is 0 Å². The zero-order chi connectivity index (χ0) is 19.8. The van der Waals surface area contributed by atoms with Gasteiger partial charge in [-0.05, 0) is 48.2 Å². The summed E-state index contributed by atoms with van der Waals surface area (Å²) in [7, 11) is 1.57. The Morgan fingerprint density at radius 1 is 1.30 bits per heavy atom. The van der Waals surface area contributed by atoms with Crippen LogP contribution in [0.1, 0.15) is 20.3 Å². The molecule has 142 valence electrons. The van der Waals surface area contributed by atoms with Gasteiger partial charge in [0, 0.05) is 10.5 Å². The topological polar surface area (TPSA) is 62.1 Å². The first-order valence-corrected chi connectivity index (χ1v) is 9.57. The number of benzene rings is 2. The van der Waals surface area contributed by atoms with Gasteiger partial charge in [-0.15, -0.1) is 11.8 Å². The van der Waals surface area contributed by atoms with Gasteiger partial charge in [0.2, 0.25) is 5.91 Å². The number of amides is 1. The summed E-state index contributed by atoms with van der Waals surface area (Å²) in [6.07, 6.45) is 0.690. The maximum atomic E-state index is 13.5. The van der Waals surface area contributed by atoms with Crippen molar-refractivity contribution in [1.82, 2.24) is 5.32 Å². The number of hydrogen-bond donors (Lipinski definition) is 1. The van der Waals surface area contributed by atoms with Crippen molar-refractivity contribution in [2.75, 3.05) is 13.7 Å². The first-order chi connectivity index (χ1) is 12.9. The summed E-state index contributed by atoms with van der Waals surface area (Å²) < 4.78 is 19.0. The standard InChI is InChI=1S/C21H23FN2O2S/c1-14(2)11-20(21(25)24-10-9-23)27-17-7-8-18(19(13-17)26-3)15-5-4-6-16(22)12-15/h4-8,12-14,20H,10-11H2,1-3H3,(H,24,25). The number of carbonyl (C=O) groups is 1. The van der Waals surface area contributed by atoms with E-state index in [0.717, 1.165) is 16.0 Å². The smallest absolute Gasteiger partial charge is 0.234 e. The van der Waals surface area contributed by atoms with E-state index in [1.807, 2.05) is 30.3 Å². The van der Waals surface area contributed by atoms with E-state index in [1.165, 1.54) is 23.9 Å². The third-order valence-corrected chi connectivity index (χ3v) is 5.12. The van der Waals surface area contributed by atoms with Crippen molar-refractivity contribution in [2.45, 2.75) is 30.4 Å². The second-order valence-electron chi connectivity index (χ2n) is 6.48. The number of carbonyl (C=O) groups excluding carboxylic acids is 1. The molecule has 27 heavy (non-hydrogen) atoms. The summed E-state index contributed by atoms with van der Waals surface area (Å²) in [6.45, 7) is 4.10. The van der Waals surface area contributed by atoms with Crippen molar-refractivity contribution in [1.29, 1.82) is 5.26 Å². The van der Waals surface area contributed by atoms with Gasteiger partial charge in [-0.25, -0.2) is 4.39 Å². The zero-order valence-corrected chi connectivity index (χ0v) is 16.5. The molecule has 2 rings (SSSR count). The summed E-state index contributed by atoms with van der Waals surface area (Å²) in [6, 6.07) is 13.9. The lowest BCUT2D eigenvalue weighted by Gasteiger charge is -2.18. The minimum Gasteiger partial charge on any atom is -0.496 e. The van der Waals surface area contributed by atoms with Gasteiger partial charge in [-0.2, -0.15) is 5.26 Å². The van der Waals surface area contributed by atoms with E-state index in [0.29, 0.717) is 18.1 Å². The quantitative estimate of drug-likeness (QED) is 0.530. The molecule has 0 fully saturated rings. The number of thioether (sulfide) groups is 1. The molecule has 1 amide bonds. The highest BCUT2D eigenvalue weighted by Crippen LogP contribution is 2.36. The van der Waals surface area contributed by atoms with Crippen LogP contribution in [0.5, 0.6) is 5.75 Å². The molecule has 1 atom stereocenters. The van der Waals surface area contributed by atoms with Crippen molar-refractivity contribution >= 4 is 17.7 Å². The number of nitrogens with zero attached hydrogens (tertiary/aromatic N) is 1. The van der Waals surface area contributed by atoms with Crippen LogP contribution in [0.15, 0.2) is 47.4 Å². The van der Waals surface area contributed by atoms with Crippen molar-refractivity contribution in [2.24, 2.45) is 5.92 Å². The molecular formula is C21H23FN2O2S. The third-order valence-electron chi connectivity index (χ3n) is 3.91. The number of nitrogens with one attached hydrogen (secondary N) is 1. The Hall–Kier alpha value is -2.52. The number of ether oxygens (including phenoxy) is 1. The molecule has 0 aliphatic rings. The molecule has 0 aliphatic carbocycles. The van der Waals surface area contributed by atoms with Gasteiger partial charge in [0.1, 0.15) is 18.1 Å². The number of halogens is 1. The van der Waals surface area contributed by atoms with Gasteiger partial charge in [0.05, 0.1) is 18.4 Å². The highest BCUT2D eigenvalue weighted by Gasteiger charge is 2.21. The van der Waals surface area contributed by atoms with Gasteiger partial charge >= 0.3 is 0 Å². The molecule has 6 heteroatoms. The lowest BCUT2D eigenvalue weighted by Crippen LogP contribution is -2.33. The molecule has 2 aromatic carbocycles. The predicted molar refractivity (Wildman–Crippen MR) is 106 cm³/mol. The van der Waals surface area contributed by atoms with E-state index in [2.05, 4.69) is 19.2 Å². The van der Waals surface area contributed by atoms with Crippen LogP contribution in [0.2, 0.25) is 0 Å². The number of nitriles is 1. The lowest BCUT2D eigenvalue weighted by atomic mass is 10.0. The second kappa shape index (κ2) is 9.98. The fraction of sp³-hybridized carbons (Fsp3) is 0.333. The summed E-state index contributed by atoms with van der Waals surface area (Å²) in [5.41, 5.74) is 1.52. The first kappa shape index (κ1) is 20.8. The number of methoxy groups -OCH3 is 1. The molecular weight excluding hydrogens is 363 g/mol. The summed E-state index contributed by atoms with van der Waals surface area (Å²) >= 11 is 1.44. The van der Waals surface area contributed by atoms with Crippen LogP contribution in [-0.4, -0.2) is 24.8 Å². The third kappa shape index (κ3) is 6.00. The van der Waals surface area contributed by atoms with Gasteiger partial charge in [0.25, 0.3) is 0 Å². The van der Waals surface area contributed by atoms with Crippen LogP contribution < -0.4 is 10.1 Å². The minimum absolute atomic E-state index is 0.00415. The van der Waals surface area contributed by atoms with Gasteiger partial charge in [-0.1, -0.05) is 26.0 Å². The van der Waals surface area contributed by atoms with Crippen LogP contribution in [0, 0.1) is 23.1 Å². The minimum atomic E-state index is -0.306. The van der Waals surface area contributed by atoms with Crippen LogP contribution >= 0.6 is 11.8 Å². The summed E-state index contributed by atoms with van der Waals surface area (Å²) in [5, 5.41) is 11.0. The van der Waals surface area contributed by atoms with Crippen molar-refractivity contribution in [3.63, 3.8) is 0 Å². The van der Waals surface area contributed by atoms with E-state index in [1.54, 1.807) is 13.2 Å². The Labute approximate surface area is 163 Å². The normalized spacial score (nSPS) is 11.7. The van der Waals surface area contributed by atoms with Gasteiger partial charge in [-0.3, -0.25) is 4.79 Å². The van der Waals surface area contributed by atoms with E-state index in [-0.39, 0.29) is 23.5 Å². The molecule has 0 saturated carbocycles. The zero-order valence-electron chi connectivity index (χ0n) is 15.7. The van der Waals surface area contributed by atoms with E-state index >= 15 is 0 Å². The number of rotatable bonds is 8. The van der Waals surface area contributed by atoms with E-state index in [4.69, 9.17) is 10.00 Å². The fourth-order valence-corrected chi connectivity index (χ4v) is 4.00. The molecule has 4 nitrogen and oxygen atoms in total. The van der Waals surface area contributed by atoms with Crippen LogP contribution in [-0.2, 0) is 4.79 Å². The molecule has 0 bridgehead atoms. The average Bonchev–Trinajstić information content (AvgIpc) is 2.65. The first-order valence-electron chi connectivity index (χ1n) is 8.70. The molecule has 0 saturated heterocycles. The second-order valence-corrected chi connectivity index (χ2v) is 7.76. The summed E-state index contributed by atoms with van der Waals surface area (Å²) in [4.78, 5) is 13.2. The lowest BCUT2D eigenvalue weighted by molar-refractivity contribution is -0.120.